The molecule has 2 aliphatic rings. The first-order valence-electron chi connectivity index (χ1n) is 13.3. The Labute approximate surface area is 227 Å². The average molecular weight is 543 g/mol. The molecule has 1 aromatic heterocycles. The van der Waals surface area contributed by atoms with Crippen LogP contribution in [0.4, 0.5) is 22.2 Å². The number of primary amides is 1. The third-order valence-electron chi connectivity index (χ3n) is 6.81. The number of nitrogens with two attached hydrogens (primary N) is 1. The van der Waals surface area contributed by atoms with Gasteiger partial charge in [0.15, 0.2) is 5.82 Å². The number of aromatic amines is 1. The molecule has 0 bridgehead atoms. The van der Waals surface area contributed by atoms with Crippen molar-refractivity contribution in [2.75, 3.05) is 44.0 Å². The number of hydrogen-bond donors (Lipinski definition) is 4. The van der Waals surface area contributed by atoms with Crippen LogP contribution >= 0.6 is 0 Å². The maximum Gasteiger partial charge on any atom is 0.410 e. The van der Waals surface area contributed by atoms with Gasteiger partial charge in [0, 0.05) is 44.1 Å². The molecule has 12 heteroatoms. The van der Waals surface area contributed by atoms with Gasteiger partial charge in [0.1, 0.15) is 16.9 Å². The Hall–Kier alpha value is -3.80. The summed E-state index contributed by atoms with van der Waals surface area (Å²) in [5, 5.41) is 6.29. The van der Waals surface area contributed by atoms with Crippen LogP contribution in [0.25, 0.3) is 0 Å². The number of benzene rings is 1. The average Bonchev–Trinajstić information content (AvgIpc) is 2.88. The van der Waals surface area contributed by atoms with Crippen molar-refractivity contribution in [3.8, 4) is 5.75 Å². The minimum atomic E-state index is -0.885. The fourth-order valence-electron chi connectivity index (χ4n) is 4.86. The fraction of sp³-hybridized carbons (Fsp3) is 0.556. The highest BCUT2D eigenvalue weighted by Gasteiger charge is 2.29. The van der Waals surface area contributed by atoms with E-state index in [0.29, 0.717) is 37.7 Å². The molecule has 0 spiro atoms. The number of hydrogen-bond acceptors (Lipinski definition) is 9. The van der Waals surface area contributed by atoms with Gasteiger partial charge in [0.05, 0.1) is 7.11 Å². The van der Waals surface area contributed by atoms with Gasteiger partial charge in [-0.05, 0) is 64.0 Å². The number of nitrogens with one attached hydrogen (secondary N) is 3. The van der Waals surface area contributed by atoms with Gasteiger partial charge >= 0.3 is 6.09 Å². The molecule has 4 rings (SSSR count). The van der Waals surface area contributed by atoms with Crippen molar-refractivity contribution in [3.63, 3.8) is 0 Å². The minimum Gasteiger partial charge on any atom is -0.496 e. The van der Waals surface area contributed by atoms with Crippen molar-refractivity contribution in [3.05, 3.63) is 39.7 Å². The van der Waals surface area contributed by atoms with Crippen LogP contribution in [-0.4, -0.2) is 71.9 Å². The molecule has 0 atom stereocenters. The fourth-order valence-corrected chi connectivity index (χ4v) is 4.86. The zero-order chi connectivity index (χ0) is 28.2. The van der Waals surface area contributed by atoms with Crippen LogP contribution in [0.2, 0.25) is 0 Å². The van der Waals surface area contributed by atoms with E-state index < -0.39 is 17.1 Å². The van der Waals surface area contributed by atoms with E-state index in [4.69, 9.17) is 19.9 Å². The molecule has 0 saturated carbocycles. The second-order valence-electron chi connectivity index (χ2n) is 10.9. The van der Waals surface area contributed by atoms with Crippen molar-refractivity contribution < 1.29 is 23.8 Å². The lowest BCUT2D eigenvalue weighted by Gasteiger charge is -2.34. The number of H-pyrrole nitrogens is 1. The normalized spacial score (nSPS) is 17.0. The number of piperidine rings is 1. The number of rotatable bonds is 7. The van der Waals surface area contributed by atoms with Gasteiger partial charge in [0.2, 0.25) is 5.95 Å². The first-order chi connectivity index (χ1) is 18.5. The molecule has 2 aliphatic heterocycles. The first-order valence-corrected chi connectivity index (χ1v) is 13.3. The van der Waals surface area contributed by atoms with E-state index in [1.807, 2.05) is 32.9 Å². The van der Waals surface area contributed by atoms with E-state index in [1.165, 1.54) is 0 Å². The van der Waals surface area contributed by atoms with Gasteiger partial charge in [-0.3, -0.25) is 14.6 Å². The molecule has 0 radical (unpaired) electrons. The Morgan fingerprint density at radius 1 is 1.15 bits per heavy atom. The number of methoxy groups -OCH3 is 1. The molecule has 12 nitrogen and oxygen atoms in total. The zero-order valence-corrected chi connectivity index (χ0v) is 23.0. The second kappa shape index (κ2) is 11.9. The largest absolute Gasteiger partial charge is 0.496 e. The summed E-state index contributed by atoms with van der Waals surface area (Å²) in [6.07, 6.45) is 2.79. The van der Waals surface area contributed by atoms with Gasteiger partial charge in [-0.2, -0.15) is 4.98 Å². The summed E-state index contributed by atoms with van der Waals surface area (Å²) in [6, 6.07) is 5.69. The summed E-state index contributed by atoms with van der Waals surface area (Å²) < 4.78 is 16.6. The molecule has 5 N–H and O–H groups in total. The Balaban J connectivity index is 1.50. The Kier molecular flexibility index (Phi) is 8.63. The van der Waals surface area contributed by atoms with Gasteiger partial charge in [-0.1, -0.05) is 6.07 Å². The predicted octanol–water partition coefficient (Wildman–Crippen LogP) is 3.33. The topological polar surface area (TPSA) is 161 Å². The molecule has 212 valence electrons. The summed E-state index contributed by atoms with van der Waals surface area (Å²) in [6.45, 7) is 7.99. The van der Waals surface area contributed by atoms with E-state index in [1.54, 1.807) is 18.1 Å². The number of amides is 2. The standard InChI is InChI=1S/C27H38N6O6/c1-27(2,3)39-26(36)33-11-7-16(8-12-33)19-6-5-18(15-20(19)37-4)29-23-21(22(28)34)24(35)32-25(31-23)30-17-9-13-38-14-10-17/h5-6,15-17H,7-14H2,1-4H3,(H2,28,34)(H3,29,30,31,32,35). The molecular weight excluding hydrogens is 504 g/mol. The van der Waals surface area contributed by atoms with E-state index in [9.17, 15) is 14.4 Å². The van der Waals surface area contributed by atoms with Gasteiger partial charge in [-0.25, -0.2) is 4.79 Å². The van der Waals surface area contributed by atoms with E-state index in [0.717, 1.165) is 31.2 Å². The van der Waals surface area contributed by atoms with E-state index in [2.05, 4.69) is 20.6 Å². The second-order valence-corrected chi connectivity index (χ2v) is 10.9. The smallest absolute Gasteiger partial charge is 0.410 e. The van der Waals surface area contributed by atoms with Gasteiger partial charge in [0.25, 0.3) is 11.5 Å². The maximum atomic E-state index is 12.7. The molecular formula is C27H38N6O6. The van der Waals surface area contributed by atoms with Gasteiger partial charge < -0.3 is 35.5 Å². The van der Waals surface area contributed by atoms with Crippen molar-refractivity contribution >= 4 is 29.5 Å². The van der Waals surface area contributed by atoms with Crippen LogP contribution < -0.4 is 26.7 Å². The van der Waals surface area contributed by atoms with Crippen LogP contribution in [0, 0.1) is 0 Å². The molecule has 2 amide bonds. The number of nitrogens with zero attached hydrogens (tertiary/aromatic N) is 2. The molecule has 2 aromatic rings. The molecule has 2 fully saturated rings. The van der Waals surface area contributed by atoms with Crippen LogP contribution in [-0.2, 0) is 9.47 Å². The number of carbonyl (C=O) groups excluding carboxylic acids is 2. The van der Waals surface area contributed by atoms with Crippen molar-refractivity contribution in [2.24, 2.45) is 5.73 Å². The number of aromatic nitrogens is 2. The SMILES string of the molecule is COc1cc(Nc2nc(NC3CCOCC3)[nH]c(=O)c2C(N)=O)ccc1C1CCN(C(=O)OC(C)(C)C)CC1. The predicted molar refractivity (Wildman–Crippen MR) is 147 cm³/mol. The van der Waals surface area contributed by atoms with E-state index in [-0.39, 0.29) is 35.4 Å². The van der Waals surface area contributed by atoms with Crippen molar-refractivity contribution in [2.45, 2.75) is 64.0 Å². The summed E-state index contributed by atoms with van der Waals surface area (Å²) in [4.78, 5) is 46.0. The molecule has 1 aromatic carbocycles. The quantitative estimate of drug-likeness (QED) is 0.411. The maximum absolute atomic E-state index is 12.7. The summed E-state index contributed by atoms with van der Waals surface area (Å²) in [7, 11) is 1.59. The zero-order valence-electron chi connectivity index (χ0n) is 23.0. The van der Waals surface area contributed by atoms with Crippen molar-refractivity contribution in [1.82, 2.24) is 14.9 Å². The lowest BCUT2D eigenvalue weighted by molar-refractivity contribution is 0.0204. The highest BCUT2D eigenvalue weighted by atomic mass is 16.6. The Bertz CT molecular complexity index is 1240. The van der Waals surface area contributed by atoms with E-state index >= 15 is 0 Å². The lowest BCUT2D eigenvalue weighted by atomic mass is 9.88. The molecule has 0 unspecified atom stereocenters. The van der Waals surface area contributed by atoms with Crippen LogP contribution in [0.5, 0.6) is 5.75 Å². The minimum absolute atomic E-state index is 0.0567. The number of carbonyl (C=O) groups is 2. The lowest BCUT2D eigenvalue weighted by Crippen LogP contribution is -2.41. The molecule has 39 heavy (non-hydrogen) atoms. The third-order valence-corrected chi connectivity index (χ3v) is 6.81. The van der Waals surface area contributed by atoms with Crippen molar-refractivity contribution in [1.29, 1.82) is 0 Å². The molecule has 2 saturated heterocycles. The molecule has 0 aliphatic carbocycles. The first kappa shape index (κ1) is 28.2. The van der Waals surface area contributed by atoms with Gasteiger partial charge in [-0.15, -0.1) is 0 Å². The summed E-state index contributed by atoms with van der Waals surface area (Å²) in [5.74, 6) is 0.272. The molecule has 3 heterocycles. The summed E-state index contributed by atoms with van der Waals surface area (Å²) in [5.41, 5.74) is 5.69. The number of likely N-dealkylation sites (tertiary alicyclic amines) is 1. The number of ether oxygens (including phenoxy) is 3. The monoisotopic (exact) mass is 542 g/mol. The Morgan fingerprint density at radius 3 is 2.46 bits per heavy atom. The highest BCUT2D eigenvalue weighted by molar-refractivity contribution is 5.98. The van der Waals surface area contributed by atoms with Crippen LogP contribution in [0.3, 0.4) is 0 Å². The van der Waals surface area contributed by atoms with Crippen LogP contribution in [0.1, 0.15) is 68.3 Å². The third kappa shape index (κ3) is 7.20. The van der Waals surface area contributed by atoms with Crippen LogP contribution in [0.15, 0.2) is 23.0 Å². The highest BCUT2D eigenvalue weighted by Crippen LogP contribution is 2.36. The Morgan fingerprint density at radius 2 is 1.85 bits per heavy atom. The summed E-state index contributed by atoms with van der Waals surface area (Å²) >= 11 is 0. The number of anilines is 3.